The second kappa shape index (κ2) is 5.05. The lowest BCUT2D eigenvalue weighted by atomic mass is 10.5. The largest absolute Gasteiger partial charge is 0.480 e. The molecule has 0 aliphatic heterocycles. The van der Waals surface area contributed by atoms with Crippen LogP contribution in [0.3, 0.4) is 0 Å². The normalized spacial score (nSPS) is 9.94. The summed E-state index contributed by atoms with van der Waals surface area (Å²) in [6, 6.07) is 0. The molecule has 0 spiro atoms. The van der Waals surface area contributed by atoms with Crippen LogP contribution < -0.4 is 0 Å². The van der Waals surface area contributed by atoms with E-state index in [0.717, 1.165) is 22.0 Å². The standard InChI is InChI=1S/C8H10N4O5/c1-10(5-8(14)15)7(13)4-11-3-6(2-9-11)12(16)17/h2-3H,4-5H2,1H3,(H,14,15). The maximum atomic E-state index is 11.5. The molecule has 1 amide bonds. The molecule has 9 heteroatoms. The van der Waals surface area contributed by atoms with Crippen molar-refractivity contribution in [2.45, 2.75) is 6.54 Å². The molecule has 0 fully saturated rings. The van der Waals surface area contributed by atoms with Gasteiger partial charge < -0.3 is 10.0 Å². The Labute approximate surface area is 95.4 Å². The number of aromatic nitrogens is 2. The first kappa shape index (κ1) is 12.6. The Hall–Kier alpha value is -2.45. The Morgan fingerprint density at radius 2 is 2.29 bits per heavy atom. The molecule has 1 heterocycles. The van der Waals surface area contributed by atoms with Crippen molar-refractivity contribution in [3.63, 3.8) is 0 Å². The van der Waals surface area contributed by atoms with Crippen LogP contribution in [-0.4, -0.2) is 50.2 Å². The Kier molecular flexibility index (Phi) is 3.75. The van der Waals surface area contributed by atoms with Crippen molar-refractivity contribution in [1.82, 2.24) is 14.7 Å². The smallest absolute Gasteiger partial charge is 0.323 e. The minimum absolute atomic E-state index is 0.223. The van der Waals surface area contributed by atoms with E-state index < -0.39 is 23.3 Å². The first-order valence-electron chi connectivity index (χ1n) is 4.52. The van der Waals surface area contributed by atoms with E-state index in [1.807, 2.05) is 0 Å². The molecule has 0 aromatic carbocycles. The second-order valence-electron chi connectivity index (χ2n) is 3.30. The third-order valence-electron chi connectivity index (χ3n) is 1.93. The molecule has 92 valence electrons. The van der Waals surface area contributed by atoms with E-state index in [0.29, 0.717) is 0 Å². The highest BCUT2D eigenvalue weighted by Gasteiger charge is 2.15. The van der Waals surface area contributed by atoms with E-state index in [4.69, 9.17) is 5.11 Å². The SMILES string of the molecule is CN(CC(=O)O)C(=O)Cn1cc([N+](=O)[O-])cn1. The lowest BCUT2D eigenvalue weighted by Crippen LogP contribution is -2.34. The fourth-order valence-electron chi connectivity index (χ4n) is 1.08. The molecule has 9 nitrogen and oxygen atoms in total. The summed E-state index contributed by atoms with van der Waals surface area (Å²) in [6.07, 6.45) is 2.12. The van der Waals surface area contributed by atoms with Crippen LogP contribution >= 0.6 is 0 Å². The maximum Gasteiger partial charge on any atom is 0.323 e. The average Bonchev–Trinajstić information content (AvgIpc) is 2.65. The fraction of sp³-hybridized carbons (Fsp3) is 0.375. The molecule has 0 saturated heterocycles. The number of amides is 1. The molecule has 0 unspecified atom stereocenters. The van der Waals surface area contributed by atoms with Gasteiger partial charge in [0.15, 0.2) is 0 Å². The van der Waals surface area contributed by atoms with Crippen LogP contribution in [0.15, 0.2) is 12.4 Å². The van der Waals surface area contributed by atoms with Gasteiger partial charge in [-0.05, 0) is 0 Å². The van der Waals surface area contributed by atoms with Gasteiger partial charge >= 0.3 is 11.7 Å². The van der Waals surface area contributed by atoms with E-state index in [-0.39, 0.29) is 12.2 Å². The van der Waals surface area contributed by atoms with Crippen molar-refractivity contribution < 1.29 is 19.6 Å². The Morgan fingerprint density at radius 1 is 1.65 bits per heavy atom. The van der Waals surface area contributed by atoms with Crippen LogP contribution in [0.1, 0.15) is 0 Å². The minimum atomic E-state index is -1.13. The van der Waals surface area contributed by atoms with Gasteiger partial charge in [-0.2, -0.15) is 5.10 Å². The quantitative estimate of drug-likeness (QED) is 0.540. The number of carboxylic acids is 1. The number of carbonyl (C=O) groups excluding carboxylic acids is 1. The Bertz CT molecular complexity index is 455. The highest BCUT2D eigenvalue weighted by molar-refractivity contribution is 5.80. The zero-order valence-electron chi connectivity index (χ0n) is 8.94. The average molecular weight is 242 g/mol. The summed E-state index contributed by atoms with van der Waals surface area (Å²) >= 11 is 0. The van der Waals surface area contributed by atoms with Crippen molar-refractivity contribution in [2.24, 2.45) is 0 Å². The highest BCUT2D eigenvalue weighted by atomic mass is 16.6. The first-order valence-corrected chi connectivity index (χ1v) is 4.52. The van der Waals surface area contributed by atoms with Gasteiger partial charge in [0.05, 0.1) is 4.92 Å². The molecule has 17 heavy (non-hydrogen) atoms. The van der Waals surface area contributed by atoms with Gasteiger partial charge in [0.2, 0.25) is 5.91 Å². The lowest BCUT2D eigenvalue weighted by Gasteiger charge is -2.13. The predicted octanol–water partition coefficient (Wildman–Crippen LogP) is -0.666. The number of nitrogens with zero attached hydrogens (tertiary/aromatic N) is 4. The second-order valence-corrected chi connectivity index (χ2v) is 3.30. The predicted molar refractivity (Wildman–Crippen MR) is 54.2 cm³/mol. The van der Waals surface area contributed by atoms with E-state index in [1.165, 1.54) is 7.05 Å². The van der Waals surface area contributed by atoms with Crippen molar-refractivity contribution >= 4 is 17.6 Å². The van der Waals surface area contributed by atoms with E-state index in [1.54, 1.807) is 0 Å². The molecule has 0 bridgehead atoms. The molecule has 1 N–H and O–H groups in total. The van der Waals surface area contributed by atoms with Crippen molar-refractivity contribution in [3.8, 4) is 0 Å². The molecule has 1 rings (SSSR count). The molecule has 0 radical (unpaired) electrons. The molecule has 0 aliphatic carbocycles. The number of hydrogen-bond donors (Lipinski definition) is 1. The van der Waals surface area contributed by atoms with Crippen LogP contribution in [0.5, 0.6) is 0 Å². The van der Waals surface area contributed by atoms with Gasteiger partial charge in [0.1, 0.15) is 25.5 Å². The van der Waals surface area contributed by atoms with Crippen LogP contribution in [0.4, 0.5) is 5.69 Å². The van der Waals surface area contributed by atoms with Crippen LogP contribution in [-0.2, 0) is 16.1 Å². The minimum Gasteiger partial charge on any atom is -0.480 e. The van der Waals surface area contributed by atoms with Crippen molar-refractivity contribution in [2.75, 3.05) is 13.6 Å². The van der Waals surface area contributed by atoms with Gasteiger partial charge in [-0.25, -0.2) is 0 Å². The van der Waals surface area contributed by atoms with Gasteiger partial charge in [0, 0.05) is 7.05 Å². The van der Waals surface area contributed by atoms with Gasteiger partial charge in [-0.3, -0.25) is 24.4 Å². The van der Waals surface area contributed by atoms with Gasteiger partial charge in [0.25, 0.3) is 0 Å². The van der Waals surface area contributed by atoms with Crippen LogP contribution in [0, 0.1) is 10.1 Å². The van der Waals surface area contributed by atoms with Crippen LogP contribution in [0.2, 0.25) is 0 Å². The summed E-state index contributed by atoms with van der Waals surface area (Å²) in [5.74, 6) is -1.63. The highest BCUT2D eigenvalue weighted by Crippen LogP contribution is 2.07. The summed E-state index contributed by atoms with van der Waals surface area (Å²) in [5, 5.41) is 22.4. The fourth-order valence-corrected chi connectivity index (χ4v) is 1.08. The summed E-state index contributed by atoms with van der Waals surface area (Å²) in [6.45, 7) is -0.667. The molecule has 0 saturated carbocycles. The number of carbonyl (C=O) groups is 2. The molecular weight excluding hydrogens is 232 g/mol. The number of nitro groups is 1. The molecule has 1 aromatic rings. The lowest BCUT2D eigenvalue weighted by molar-refractivity contribution is -0.385. The number of rotatable bonds is 5. The van der Waals surface area contributed by atoms with Crippen molar-refractivity contribution in [3.05, 3.63) is 22.5 Å². The Morgan fingerprint density at radius 3 is 2.76 bits per heavy atom. The third-order valence-corrected chi connectivity index (χ3v) is 1.93. The number of aliphatic carboxylic acids is 1. The molecule has 0 aliphatic rings. The van der Waals surface area contributed by atoms with Gasteiger partial charge in [-0.15, -0.1) is 0 Å². The van der Waals surface area contributed by atoms with Crippen molar-refractivity contribution in [1.29, 1.82) is 0 Å². The van der Waals surface area contributed by atoms with E-state index in [2.05, 4.69) is 5.10 Å². The monoisotopic (exact) mass is 242 g/mol. The summed E-state index contributed by atoms with van der Waals surface area (Å²) in [5.41, 5.74) is -0.223. The first-order chi connectivity index (χ1) is 7.90. The Balaban J connectivity index is 2.61. The number of hydrogen-bond acceptors (Lipinski definition) is 5. The van der Waals surface area contributed by atoms with Crippen LogP contribution in [0.25, 0.3) is 0 Å². The zero-order valence-corrected chi connectivity index (χ0v) is 8.94. The van der Waals surface area contributed by atoms with E-state index >= 15 is 0 Å². The summed E-state index contributed by atoms with van der Waals surface area (Å²) < 4.78 is 1.08. The topological polar surface area (TPSA) is 119 Å². The summed E-state index contributed by atoms with van der Waals surface area (Å²) in [7, 11) is 1.33. The molecule has 0 atom stereocenters. The number of carboxylic acid groups (broad SMARTS) is 1. The number of likely N-dealkylation sites (N-methyl/N-ethyl adjacent to an activating group) is 1. The third kappa shape index (κ3) is 3.55. The van der Waals surface area contributed by atoms with E-state index in [9.17, 15) is 19.7 Å². The molecular formula is C8H10N4O5. The maximum absolute atomic E-state index is 11.5. The van der Waals surface area contributed by atoms with Gasteiger partial charge in [-0.1, -0.05) is 0 Å². The molecule has 1 aromatic heterocycles. The zero-order chi connectivity index (χ0) is 13.0. The summed E-state index contributed by atoms with van der Waals surface area (Å²) in [4.78, 5) is 32.5.